The molecule has 2 rings (SSSR count). The highest BCUT2D eigenvalue weighted by Gasteiger charge is 2.07. The summed E-state index contributed by atoms with van der Waals surface area (Å²) in [5, 5.41) is 8.99. The zero-order valence-electron chi connectivity index (χ0n) is 6.44. The Hall–Kier alpha value is -0.760. The number of halogens is 1. The summed E-state index contributed by atoms with van der Waals surface area (Å²) in [7, 11) is 0. The van der Waals surface area contributed by atoms with Gasteiger partial charge in [0, 0.05) is 21.5 Å². The third-order valence-corrected chi connectivity index (χ3v) is 3.17. The smallest absolute Gasteiger partial charge is 0.203 e. The van der Waals surface area contributed by atoms with Crippen LogP contribution in [-0.4, -0.2) is 15.2 Å². The monoisotopic (exact) mass is 304 g/mol. The third kappa shape index (κ3) is 1.78. The molecule has 0 aliphatic heterocycles. The molecule has 66 valence electrons. The molecule has 0 aliphatic carbocycles. The lowest BCUT2D eigenvalue weighted by molar-refractivity contribution is 1.10. The van der Waals surface area contributed by atoms with Gasteiger partial charge >= 0.3 is 0 Å². The maximum Gasteiger partial charge on any atom is 0.203 e. The summed E-state index contributed by atoms with van der Waals surface area (Å²) < 4.78 is 1.10. The van der Waals surface area contributed by atoms with Crippen molar-refractivity contribution in [1.29, 1.82) is 0 Å². The molecule has 0 atom stereocenters. The molecule has 4 nitrogen and oxygen atoms in total. The van der Waals surface area contributed by atoms with Crippen molar-refractivity contribution in [1.82, 2.24) is 15.2 Å². The molecule has 0 unspecified atom stereocenters. The van der Waals surface area contributed by atoms with Gasteiger partial charge in [-0.05, 0) is 28.7 Å². The molecule has 2 N–H and O–H groups in total. The lowest BCUT2D eigenvalue weighted by atomic mass is 10.3. The van der Waals surface area contributed by atoms with E-state index in [9.17, 15) is 0 Å². The molecule has 2 aromatic heterocycles. The first-order valence-electron chi connectivity index (χ1n) is 3.46. The Bertz CT molecular complexity index is 428. The van der Waals surface area contributed by atoms with Gasteiger partial charge in [-0.1, -0.05) is 11.3 Å². The first-order chi connectivity index (χ1) is 6.27. The number of anilines is 1. The van der Waals surface area contributed by atoms with Crippen LogP contribution in [0.5, 0.6) is 0 Å². The molecule has 0 aromatic carbocycles. The van der Waals surface area contributed by atoms with Gasteiger partial charge in [0.2, 0.25) is 5.13 Å². The normalized spacial score (nSPS) is 10.2. The van der Waals surface area contributed by atoms with Crippen molar-refractivity contribution in [3.63, 3.8) is 0 Å². The summed E-state index contributed by atoms with van der Waals surface area (Å²) >= 11 is 3.60. The van der Waals surface area contributed by atoms with E-state index in [0.717, 1.165) is 14.1 Å². The first kappa shape index (κ1) is 8.82. The third-order valence-electron chi connectivity index (χ3n) is 1.44. The average molecular weight is 304 g/mol. The van der Waals surface area contributed by atoms with Crippen LogP contribution in [0.2, 0.25) is 0 Å². The van der Waals surface area contributed by atoms with Crippen molar-refractivity contribution in [2.45, 2.75) is 0 Å². The Labute approximate surface area is 92.4 Å². The number of aromatic nitrogens is 3. The fourth-order valence-electron chi connectivity index (χ4n) is 0.878. The van der Waals surface area contributed by atoms with Gasteiger partial charge in [0.05, 0.1) is 0 Å². The number of nitrogen functional groups attached to an aromatic ring is 1. The highest BCUT2D eigenvalue weighted by Crippen LogP contribution is 2.27. The van der Waals surface area contributed by atoms with E-state index in [1.807, 2.05) is 6.07 Å². The molecule has 2 aromatic rings. The van der Waals surface area contributed by atoms with E-state index in [4.69, 9.17) is 5.73 Å². The Morgan fingerprint density at radius 1 is 1.38 bits per heavy atom. The minimum Gasteiger partial charge on any atom is -0.374 e. The van der Waals surface area contributed by atoms with Crippen molar-refractivity contribution < 1.29 is 0 Å². The van der Waals surface area contributed by atoms with E-state index in [0.29, 0.717) is 5.13 Å². The second-order valence-corrected chi connectivity index (χ2v) is 4.47. The molecule has 0 radical (unpaired) electrons. The molecule has 0 saturated carbocycles. The summed E-state index contributed by atoms with van der Waals surface area (Å²) in [6, 6.07) is 1.92. The van der Waals surface area contributed by atoms with Gasteiger partial charge in [0.25, 0.3) is 0 Å². The van der Waals surface area contributed by atoms with Gasteiger partial charge in [-0.25, -0.2) is 0 Å². The van der Waals surface area contributed by atoms with E-state index in [2.05, 4.69) is 37.8 Å². The van der Waals surface area contributed by atoms with Gasteiger partial charge in [-0.15, -0.1) is 10.2 Å². The fourth-order valence-corrected chi connectivity index (χ4v) is 2.25. The second kappa shape index (κ2) is 3.54. The van der Waals surface area contributed by atoms with E-state index in [1.54, 1.807) is 12.4 Å². The Kier molecular flexibility index (Phi) is 2.40. The van der Waals surface area contributed by atoms with Crippen LogP contribution < -0.4 is 5.73 Å². The predicted molar refractivity (Wildman–Crippen MR) is 60.3 cm³/mol. The van der Waals surface area contributed by atoms with Crippen LogP contribution in [0.1, 0.15) is 0 Å². The topological polar surface area (TPSA) is 64.7 Å². The molecule has 0 bridgehead atoms. The Morgan fingerprint density at radius 2 is 2.23 bits per heavy atom. The van der Waals surface area contributed by atoms with Crippen molar-refractivity contribution >= 4 is 39.1 Å². The number of nitrogens with two attached hydrogens (primary N) is 1. The maximum atomic E-state index is 5.49. The van der Waals surface area contributed by atoms with E-state index >= 15 is 0 Å². The van der Waals surface area contributed by atoms with Crippen molar-refractivity contribution in [2.24, 2.45) is 0 Å². The lowest BCUT2D eigenvalue weighted by Crippen LogP contribution is -1.83. The molecular formula is C7H5IN4S. The van der Waals surface area contributed by atoms with Gasteiger partial charge in [0.15, 0.2) is 5.01 Å². The Balaban J connectivity index is 2.52. The van der Waals surface area contributed by atoms with Gasteiger partial charge in [0.1, 0.15) is 0 Å². The Morgan fingerprint density at radius 3 is 2.85 bits per heavy atom. The molecule has 0 aliphatic rings. The first-order valence-corrected chi connectivity index (χ1v) is 5.36. The summed E-state index contributed by atoms with van der Waals surface area (Å²) in [5.41, 5.74) is 6.47. The minimum atomic E-state index is 0.481. The number of pyridine rings is 1. The van der Waals surface area contributed by atoms with Gasteiger partial charge in [-0.3, -0.25) is 4.98 Å². The minimum absolute atomic E-state index is 0.481. The zero-order valence-corrected chi connectivity index (χ0v) is 9.41. The van der Waals surface area contributed by atoms with E-state index < -0.39 is 0 Å². The second-order valence-electron chi connectivity index (χ2n) is 2.30. The van der Waals surface area contributed by atoms with Crippen molar-refractivity contribution in [2.75, 3.05) is 5.73 Å². The van der Waals surface area contributed by atoms with E-state index in [-0.39, 0.29) is 0 Å². The standard InChI is InChI=1S/C7H5IN4S/c8-5-1-2-10-3-4(5)6-11-12-7(9)13-6/h1-3H,(H2,9,12). The van der Waals surface area contributed by atoms with Crippen LogP contribution in [0.4, 0.5) is 5.13 Å². The van der Waals surface area contributed by atoms with Crippen molar-refractivity contribution in [3.8, 4) is 10.6 Å². The molecular weight excluding hydrogens is 299 g/mol. The molecule has 6 heteroatoms. The molecule has 0 spiro atoms. The quantitative estimate of drug-likeness (QED) is 0.816. The van der Waals surface area contributed by atoms with Crippen LogP contribution in [-0.2, 0) is 0 Å². The number of nitrogens with zero attached hydrogens (tertiary/aromatic N) is 3. The number of rotatable bonds is 1. The van der Waals surface area contributed by atoms with Crippen molar-refractivity contribution in [3.05, 3.63) is 22.0 Å². The summed E-state index contributed by atoms with van der Waals surface area (Å²) in [4.78, 5) is 4.02. The van der Waals surface area contributed by atoms with Gasteiger partial charge in [-0.2, -0.15) is 0 Å². The van der Waals surface area contributed by atoms with Crippen LogP contribution in [0.15, 0.2) is 18.5 Å². The molecule has 0 fully saturated rings. The van der Waals surface area contributed by atoms with Crippen LogP contribution in [0.3, 0.4) is 0 Å². The molecule has 0 amide bonds. The SMILES string of the molecule is Nc1nnc(-c2cnccc2I)s1. The molecule has 0 saturated heterocycles. The molecule has 13 heavy (non-hydrogen) atoms. The predicted octanol–water partition coefficient (Wildman–Crippen LogP) is 1.79. The molecule has 2 heterocycles. The number of hydrogen-bond donors (Lipinski definition) is 1. The van der Waals surface area contributed by atoms with Gasteiger partial charge < -0.3 is 5.73 Å². The van der Waals surface area contributed by atoms with E-state index in [1.165, 1.54) is 11.3 Å². The lowest BCUT2D eigenvalue weighted by Gasteiger charge is -1.96. The average Bonchev–Trinajstić information content (AvgIpc) is 2.53. The maximum absolute atomic E-state index is 5.49. The van der Waals surface area contributed by atoms with Crippen LogP contribution in [0, 0.1) is 3.57 Å². The highest BCUT2D eigenvalue weighted by atomic mass is 127. The summed E-state index contributed by atoms with van der Waals surface area (Å²) in [6.07, 6.45) is 3.51. The van der Waals surface area contributed by atoms with Crippen LogP contribution in [0.25, 0.3) is 10.6 Å². The summed E-state index contributed by atoms with van der Waals surface area (Å²) in [5.74, 6) is 0. The highest BCUT2D eigenvalue weighted by molar-refractivity contribution is 14.1. The largest absolute Gasteiger partial charge is 0.374 e. The number of hydrogen-bond acceptors (Lipinski definition) is 5. The zero-order chi connectivity index (χ0) is 9.26. The summed E-state index contributed by atoms with van der Waals surface area (Å²) in [6.45, 7) is 0. The fraction of sp³-hybridized carbons (Fsp3) is 0. The van der Waals surface area contributed by atoms with Crippen LogP contribution >= 0.6 is 33.9 Å².